The average Bonchev–Trinajstić information content (AvgIpc) is 2.46. The van der Waals surface area contributed by atoms with Gasteiger partial charge in [-0.15, -0.1) is 0 Å². The fraction of sp³-hybridized carbons (Fsp3) is 0.462. The molecule has 2 rings (SSSR count). The van der Waals surface area contributed by atoms with Gasteiger partial charge >= 0.3 is 0 Å². The number of nitrogens with two attached hydrogens (primary N) is 1. The van der Waals surface area contributed by atoms with Crippen LogP contribution in [0.5, 0.6) is 0 Å². The van der Waals surface area contributed by atoms with Gasteiger partial charge in [-0.1, -0.05) is 15.9 Å². The highest BCUT2D eigenvalue weighted by Crippen LogP contribution is 2.28. The third kappa shape index (κ3) is 3.38. The quantitative estimate of drug-likeness (QED) is 0.775. The Kier molecular flexibility index (Phi) is 4.90. The van der Waals surface area contributed by atoms with Crippen molar-refractivity contribution in [1.29, 1.82) is 0 Å². The molecule has 1 aliphatic heterocycles. The fourth-order valence-electron chi connectivity index (χ4n) is 2.47. The summed E-state index contributed by atoms with van der Waals surface area (Å²) in [6.07, 6.45) is 1.36. The van der Waals surface area contributed by atoms with Gasteiger partial charge in [-0.25, -0.2) is 8.42 Å². The lowest BCUT2D eigenvalue weighted by atomic mass is 9.99. The number of nitrogens with zero attached hydrogens (tertiary/aromatic N) is 1. The molecule has 0 spiro atoms. The predicted molar refractivity (Wildman–Crippen MR) is 84.1 cm³/mol. The molecule has 1 atom stereocenters. The Balaban J connectivity index is 2.28. The smallest absolute Gasteiger partial charge is 0.245 e. The summed E-state index contributed by atoms with van der Waals surface area (Å²) in [5.74, 6) is -0.436. The maximum atomic E-state index is 12.7. The summed E-state index contributed by atoms with van der Waals surface area (Å²) in [6, 6.07) is 4.69. The van der Waals surface area contributed by atoms with Crippen LogP contribution in [-0.4, -0.2) is 38.8 Å². The van der Waals surface area contributed by atoms with Gasteiger partial charge in [0, 0.05) is 24.6 Å². The zero-order chi connectivity index (χ0) is 15.6. The van der Waals surface area contributed by atoms with Gasteiger partial charge in [0.15, 0.2) is 0 Å². The molecule has 6 nitrogen and oxygen atoms in total. The van der Waals surface area contributed by atoms with E-state index in [0.717, 1.165) is 4.47 Å². The molecule has 8 heteroatoms. The summed E-state index contributed by atoms with van der Waals surface area (Å²) in [5.41, 5.74) is 6.02. The summed E-state index contributed by atoms with van der Waals surface area (Å²) >= 11 is 3.26. The molecule has 1 aliphatic rings. The molecule has 1 fully saturated rings. The lowest BCUT2D eigenvalue weighted by molar-refractivity contribution is -0.125. The molecule has 0 saturated carbocycles. The van der Waals surface area contributed by atoms with Crippen molar-refractivity contribution >= 4 is 37.5 Å². The Morgan fingerprint density at radius 2 is 2.19 bits per heavy atom. The van der Waals surface area contributed by atoms with E-state index < -0.39 is 10.0 Å². The fourth-order valence-corrected chi connectivity index (χ4v) is 4.47. The van der Waals surface area contributed by atoms with Crippen LogP contribution in [0.25, 0.3) is 0 Å². The minimum absolute atomic E-state index is 0.0863. The van der Waals surface area contributed by atoms with Gasteiger partial charge in [0.1, 0.15) is 4.90 Å². The number of nitrogen functional groups attached to an aromatic ring is 1. The Morgan fingerprint density at radius 3 is 2.81 bits per heavy atom. The number of sulfonamides is 1. The summed E-state index contributed by atoms with van der Waals surface area (Å²) in [4.78, 5) is 11.8. The van der Waals surface area contributed by atoms with Crippen molar-refractivity contribution in [3.05, 3.63) is 22.7 Å². The van der Waals surface area contributed by atoms with Crippen LogP contribution >= 0.6 is 15.9 Å². The highest BCUT2D eigenvalue weighted by molar-refractivity contribution is 9.10. The highest BCUT2D eigenvalue weighted by Gasteiger charge is 2.33. The minimum Gasteiger partial charge on any atom is -0.398 e. The van der Waals surface area contributed by atoms with Crippen molar-refractivity contribution in [1.82, 2.24) is 9.62 Å². The number of hydrogen-bond acceptors (Lipinski definition) is 4. The largest absolute Gasteiger partial charge is 0.398 e. The molecule has 0 bridgehead atoms. The van der Waals surface area contributed by atoms with E-state index in [9.17, 15) is 13.2 Å². The van der Waals surface area contributed by atoms with E-state index in [1.165, 1.54) is 10.4 Å². The third-order valence-corrected chi connectivity index (χ3v) is 6.02. The molecule has 3 N–H and O–H groups in total. The van der Waals surface area contributed by atoms with E-state index in [1.807, 2.05) is 0 Å². The van der Waals surface area contributed by atoms with Gasteiger partial charge in [-0.05, 0) is 31.0 Å². The molecular formula is C13H18BrN3O3S. The monoisotopic (exact) mass is 375 g/mol. The van der Waals surface area contributed by atoms with Crippen LogP contribution in [0.4, 0.5) is 5.69 Å². The average molecular weight is 376 g/mol. The second kappa shape index (κ2) is 6.33. The SMILES string of the molecule is CNC(=O)C1CCCN(S(=O)(=O)c2ccc(Br)cc2N)C1. The molecule has 1 saturated heterocycles. The van der Waals surface area contributed by atoms with Gasteiger partial charge in [-0.3, -0.25) is 4.79 Å². The van der Waals surface area contributed by atoms with Crippen LogP contribution in [0.2, 0.25) is 0 Å². The van der Waals surface area contributed by atoms with Crippen LogP contribution in [-0.2, 0) is 14.8 Å². The van der Waals surface area contributed by atoms with E-state index in [4.69, 9.17) is 5.73 Å². The molecule has 1 aromatic carbocycles. The highest BCUT2D eigenvalue weighted by atomic mass is 79.9. The Hall–Kier alpha value is -1.12. The third-order valence-electron chi connectivity index (χ3n) is 3.59. The molecule has 1 unspecified atom stereocenters. The first-order valence-corrected chi connectivity index (χ1v) is 8.86. The molecule has 1 heterocycles. The van der Waals surface area contributed by atoms with Gasteiger partial charge in [0.05, 0.1) is 11.6 Å². The molecule has 0 aliphatic carbocycles. The topological polar surface area (TPSA) is 92.5 Å². The molecule has 1 amide bonds. The van der Waals surface area contributed by atoms with Gasteiger partial charge in [0.2, 0.25) is 15.9 Å². The number of hydrogen-bond donors (Lipinski definition) is 2. The maximum absolute atomic E-state index is 12.7. The predicted octanol–water partition coefficient (Wildman–Crippen LogP) is 1.18. The van der Waals surface area contributed by atoms with Gasteiger partial charge < -0.3 is 11.1 Å². The van der Waals surface area contributed by atoms with E-state index in [-0.39, 0.29) is 29.0 Å². The molecule has 0 aromatic heterocycles. The normalized spacial score (nSPS) is 20.2. The summed E-state index contributed by atoms with van der Waals surface area (Å²) in [6.45, 7) is 0.600. The number of carbonyl (C=O) groups excluding carboxylic acids is 1. The van der Waals surface area contributed by atoms with E-state index in [0.29, 0.717) is 19.4 Å². The van der Waals surface area contributed by atoms with Gasteiger partial charge in [-0.2, -0.15) is 4.31 Å². The molecular weight excluding hydrogens is 358 g/mol. The van der Waals surface area contributed by atoms with Crippen molar-refractivity contribution in [2.45, 2.75) is 17.7 Å². The van der Waals surface area contributed by atoms with Crippen molar-refractivity contribution in [3.63, 3.8) is 0 Å². The van der Waals surface area contributed by atoms with Crippen LogP contribution in [0.15, 0.2) is 27.6 Å². The second-order valence-electron chi connectivity index (χ2n) is 5.00. The van der Waals surface area contributed by atoms with E-state index in [2.05, 4.69) is 21.2 Å². The molecule has 21 heavy (non-hydrogen) atoms. The molecule has 0 radical (unpaired) electrons. The van der Waals surface area contributed by atoms with Gasteiger partial charge in [0.25, 0.3) is 0 Å². The zero-order valence-corrected chi connectivity index (χ0v) is 14.1. The molecule has 1 aromatic rings. The summed E-state index contributed by atoms with van der Waals surface area (Å²) < 4.78 is 27.4. The Labute approximate surface area is 132 Å². The Bertz CT molecular complexity index is 648. The zero-order valence-electron chi connectivity index (χ0n) is 11.7. The van der Waals surface area contributed by atoms with E-state index in [1.54, 1.807) is 19.2 Å². The number of carbonyl (C=O) groups is 1. The van der Waals surface area contributed by atoms with Crippen LogP contribution < -0.4 is 11.1 Å². The first-order chi connectivity index (χ1) is 9.86. The van der Waals surface area contributed by atoms with Crippen molar-refractivity contribution in [2.75, 3.05) is 25.9 Å². The van der Waals surface area contributed by atoms with Crippen LogP contribution in [0.3, 0.4) is 0 Å². The second-order valence-corrected chi connectivity index (χ2v) is 7.82. The number of nitrogens with one attached hydrogen (secondary N) is 1. The van der Waals surface area contributed by atoms with E-state index >= 15 is 0 Å². The summed E-state index contributed by atoms with van der Waals surface area (Å²) in [7, 11) is -2.12. The number of benzene rings is 1. The number of halogens is 1. The number of rotatable bonds is 3. The summed E-state index contributed by atoms with van der Waals surface area (Å²) in [5, 5.41) is 2.57. The lowest BCUT2D eigenvalue weighted by Crippen LogP contribution is -2.44. The van der Waals surface area contributed by atoms with Crippen molar-refractivity contribution in [2.24, 2.45) is 5.92 Å². The number of amides is 1. The number of anilines is 1. The first kappa shape index (κ1) is 16.3. The Morgan fingerprint density at radius 1 is 1.48 bits per heavy atom. The molecule has 116 valence electrons. The lowest BCUT2D eigenvalue weighted by Gasteiger charge is -2.31. The standard InChI is InChI=1S/C13H18BrN3O3S/c1-16-13(18)9-3-2-6-17(8-9)21(19,20)12-5-4-10(14)7-11(12)15/h4-5,7,9H,2-3,6,8,15H2,1H3,(H,16,18). The van der Waals surface area contributed by atoms with Crippen molar-refractivity contribution in [3.8, 4) is 0 Å². The maximum Gasteiger partial charge on any atom is 0.245 e. The minimum atomic E-state index is -3.68. The van der Waals surface area contributed by atoms with Crippen molar-refractivity contribution < 1.29 is 13.2 Å². The first-order valence-electron chi connectivity index (χ1n) is 6.63. The van der Waals surface area contributed by atoms with Crippen LogP contribution in [0, 0.1) is 5.92 Å². The van der Waals surface area contributed by atoms with Crippen LogP contribution in [0.1, 0.15) is 12.8 Å². The number of piperidine rings is 1.